The molecule has 0 saturated carbocycles. The smallest absolute Gasteiger partial charge is 0.404 e. The molecule has 1 aliphatic carbocycles. The lowest BCUT2D eigenvalue weighted by molar-refractivity contribution is -0.121. The number of anilines is 1. The van der Waals surface area contributed by atoms with Crippen molar-refractivity contribution in [1.82, 2.24) is 5.32 Å². The summed E-state index contributed by atoms with van der Waals surface area (Å²) >= 11 is 0. The molecular formula is C34H47N3O8. The normalized spacial score (nSPS) is 13.4. The number of ether oxygens (including phenoxy) is 4. The Morgan fingerprint density at radius 2 is 1.64 bits per heavy atom. The van der Waals surface area contributed by atoms with Gasteiger partial charge < -0.3 is 35.3 Å². The number of methoxy groups -OCH3 is 1. The Morgan fingerprint density at radius 1 is 0.867 bits per heavy atom. The summed E-state index contributed by atoms with van der Waals surface area (Å²) in [6.07, 6.45) is 3.66. The Balaban J connectivity index is 1.63. The Bertz CT molecular complexity index is 1310. The molecule has 0 aromatic heterocycles. The number of ketones is 1. The van der Waals surface area contributed by atoms with Gasteiger partial charge in [0.15, 0.2) is 7.20 Å². The fourth-order valence-corrected chi connectivity index (χ4v) is 5.27. The van der Waals surface area contributed by atoms with Crippen molar-refractivity contribution in [1.29, 1.82) is 0 Å². The fraction of sp³-hybridized carbons (Fsp3) is 0.529. The van der Waals surface area contributed by atoms with Crippen LogP contribution in [0.4, 0.5) is 10.5 Å². The van der Waals surface area contributed by atoms with Crippen molar-refractivity contribution in [3.8, 4) is 11.1 Å². The number of carbonyl (C=O) groups is 4. The quantitative estimate of drug-likeness (QED) is 0.122. The van der Waals surface area contributed by atoms with Gasteiger partial charge in [-0.15, -0.1) is 0 Å². The van der Waals surface area contributed by atoms with E-state index in [2.05, 4.69) is 17.6 Å². The number of primary amides is 1. The molecule has 0 heterocycles. The summed E-state index contributed by atoms with van der Waals surface area (Å²) in [5.41, 5.74) is 6.09. The number of rotatable bonds is 22. The molecule has 45 heavy (non-hydrogen) atoms. The third-order valence-corrected chi connectivity index (χ3v) is 7.48. The predicted molar refractivity (Wildman–Crippen MR) is 171 cm³/mol. The topological polar surface area (TPSA) is 155 Å². The van der Waals surface area contributed by atoms with Crippen molar-refractivity contribution >= 4 is 29.4 Å². The van der Waals surface area contributed by atoms with E-state index in [4.69, 9.17) is 20.4 Å². The number of fused-ring (bicyclic) bond motifs is 3. The summed E-state index contributed by atoms with van der Waals surface area (Å²) in [4.78, 5) is 50.0. The molecular weight excluding hydrogens is 578 g/mol. The molecule has 11 nitrogen and oxygen atoms in total. The summed E-state index contributed by atoms with van der Waals surface area (Å²) in [7, 11) is 1.64. The van der Waals surface area contributed by atoms with Gasteiger partial charge in [0.05, 0.1) is 6.61 Å². The molecule has 4 N–H and O–H groups in total. The number of hydrogen-bond donors (Lipinski definition) is 3. The summed E-state index contributed by atoms with van der Waals surface area (Å²) in [6, 6.07) is 11.0. The minimum absolute atomic E-state index is 0.0146. The summed E-state index contributed by atoms with van der Waals surface area (Å²) in [6.45, 7) is 5.31. The van der Waals surface area contributed by atoms with Crippen LogP contribution in [-0.2, 0) is 28.5 Å². The Hall–Kier alpha value is -3.80. The van der Waals surface area contributed by atoms with E-state index in [0.717, 1.165) is 41.5 Å². The molecule has 0 aliphatic heterocycles. The van der Waals surface area contributed by atoms with Gasteiger partial charge in [-0.05, 0) is 60.1 Å². The van der Waals surface area contributed by atoms with Gasteiger partial charge >= 0.3 is 6.09 Å². The molecule has 0 radical (unpaired) electrons. The number of Topliss-reactive ketones (excluding diaryl/α,β-unsaturated/α-hetero) is 1. The molecule has 1 aliphatic rings. The molecule has 0 spiro atoms. The second-order valence-corrected chi connectivity index (χ2v) is 10.9. The monoisotopic (exact) mass is 626 g/mol. The molecule has 0 bridgehead atoms. The Morgan fingerprint density at radius 3 is 2.44 bits per heavy atom. The fourth-order valence-electron chi connectivity index (χ4n) is 5.27. The number of carbonyl (C=O) groups excluding carboxylic acids is 4. The number of nitrogens with two attached hydrogens (primary N) is 1. The molecule has 0 saturated heterocycles. The molecule has 1 unspecified atom stereocenters. The molecule has 11 heteroatoms. The van der Waals surface area contributed by atoms with Crippen LogP contribution >= 0.6 is 0 Å². The zero-order valence-electron chi connectivity index (χ0n) is 27.4. The van der Waals surface area contributed by atoms with E-state index in [0.29, 0.717) is 70.1 Å². The van der Waals surface area contributed by atoms with E-state index in [1.165, 1.54) is 0 Å². The van der Waals surface area contributed by atoms with Crippen LogP contribution in [0.25, 0.3) is 11.1 Å². The largest absolute Gasteiger partial charge is 0.449 e. The van der Waals surface area contributed by atoms with Gasteiger partial charge in [-0.25, -0.2) is 4.79 Å². The highest BCUT2D eigenvalue weighted by Gasteiger charge is 2.33. The molecule has 0 fully saturated rings. The first kappa shape index (κ1) is 34.1. The first-order valence-electron chi connectivity index (χ1n) is 16.2. The van der Waals surface area contributed by atoms with Crippen molar-refractivity contribution in [2.45, 2.75) is 64.2 Å². The predicted octanol–water partition coefficient (Wildman–Crippen LogP) is 4.95. The van der Waals surface area contributed by atoms with Crippen LogP contribution in [0.1, 0.15) is 85.7 Å². The minimum atomic E-state index is -0.884. The van der Waals surface area contributed by atoms with Crippen LogP contribution in [0, 0.1) is 0 Å². The maximum absolute atomic E-state index is 13.4. The second kappa shape index (κ2) is 19.6. The van der Waals surface area contributed by atoms with Crippen molar-refractivity contribution in [3.63, 3.8) is 0 Å². The van der Waals surface area contributed by atoms with Crippen molar-refractivity contribution in [3.05, 3.63) is 53.1 Å². The number of benzene rings is 2. The van der Waals surface area contributed by atoms with E-state index in [9.17, 15) is 19.2 Å². The van der Waals surface area contributed by atoms with Crippen LogP contribution in [0.2, 0.25) is 1.41 Å². The number of hydrogen-bond acceptors (Lipinski definition) is 8. The molecule has 3 rings (SSSR count). The van der Waals surface area contributed by atoms with Gasteiger partial charge in [0, 0.05) is 76.5 Å². The van der Waals surface area contributed by atoms with Crippen LogP contribution in [0.5, 0.6) is 0 Å². The van der Waals surface area contributed by atoms with E-state index in [1.807, 2.05) is 24.3 Å². The van der Waals surface area contributed by atoms with Crippen LogP contribution in [0.3, 0.4) is 0 Å². The molecule has 246 valence electrons. The lowest BCUT2D eigenvalue weighted by Crippen LogP contribution is -2.27. The van der Waals surface area contributed by atoms with Gasteiger partial charge in [0.25, 0.3) is 0 Å². The highest BCUT2D eigenvalue weighted by Crippen LogP contribution is 2.47. The molecule has 2 aromatic carbocycles. The maximum atomic E-state index is 13.4. The van der Waals surface area contributed by atoms with Crippen LogP contribution in [-0.4, -0.2) is 77.0 Å². The van der Waals surface area contributed by atoms with E-state index >= 15 is 0 Å². The van der Waals surface area contributed by atoms with Crippen molar-refractivity contribution in [2.75, 3.05) is 58.6 Å². The van der Waals surface area contributed by atoms with E-state index in [1.54, 1.807) is 25.0 Å². The standard InChI is InChI=1S/C34H47N3O8/c1-3-4-18-44-21-16-36-31(39)12-6-13-32(40)37-24-14-15-26-28(22-24)29(23-45-34(35)41)25-9-5-10-27(33(25)26)30(38)11-7-19-43-20-8-17-42-2/h5,9-10,14-15,22,29H,3-4,6-8,11-13,16-21,23H2,1-2H3,(H2,35,41)(H,36,39)(H,37,40)/i/hD. The SMILES string of the molecule is [2H]NC(=O)OCC1c2cc(NC(=O)CCCC(=O)NCCOCCCC)ccc2-c2c(C(=O)CCCOCCCOC)cccc21. The van der Waals surface area contributed by atoms with Gasteiger partial charge in [0.1, 0.15) is 6.61 Å². The zero-order chi connectivity index (χ0) is 33.1. The van der Waals surface area contributed by atoms with Crippen LogP contribution in [0.15, 0.2) is 36.4 Å². The first-order chi connectivity index (χ1) is 22.4. The Kier molecular flexibility index (Phi) is 14.8. The average molecular weight is 627 g/mol. The average Bonchev–Trinajstić information content (AvgIpc) is 3.37. The first-order valence-corrected chi connectivity index (χ1v) is 15.7. The minimum Gasteiger partial charge on any atom is -0.449 e. The lowest BCUT2D eigenvalue weighted by atomic mass is 9.93. The number of unbranched alkanes of at least 4 members (excludes halogenated alkanes) is 1. The van der Waals surface area contributed by atoms with Gasteiger partial charge in [0.2, 0.25) is 11.8 Å². The highest BCUT2D eigenvalue weighted by atomic mass is 16.5. The number of nitrogens with one attached hydrogen (secondary N) is 2. The second-order valence-electron chi connectivity index (χ2n) is 10.9. The summed E-state index contributed by atoms with van der Waals surface area (Å²) < 4.78 is 28.4. The molecule has 1 atom stereocenters. The summed E-state index contributed by atoms with van der Waals surface area (Å²) in [5, 5.41) is 5.70. The molecule has 3 amide bonds. The maximum Gasteiger partial charge on any atom is 0.404 e. The third kappa shape index (κ3) is 11.6. The zero-order valence-corrected chi connectivity index (χ0v) is 26.4. The number of amides is 3. The van der Waals surface area contributed by atoms with E-state index < -0.39 is 12.0 Å². The summed E-state index contributed by atoms with van der Waals surface area (Å²) in [5.74, 6) is -0.764. The van der Waals surface area contributed by atoms with Gasteiger partial charge in [-0.3, -0.25) is 14.4 Å². The van der Waals surface area contributed by atoms with Gasteiger partial charge in [-0.1, -0.05) is 37.6 Å². The highest BCUT2D eigenvalue weighted by molar-refractivity contribution is 6.05. The van der Waals surface area contributed by atoms with Crippen molar-refractivity contribution in [2.24, 2.45) is 5.73 Å². The molecule has 2 aromatic rings. The van der Waals surface area contributed by atoms with E-state index in [-0.39, 0.29) is 37.0 Å². The van der Waals surface area contributed by atoms with Crippen LogP contribution < -0.4 is 16.4 Å². The lowest BCUT2D eigenvalue weighted by Gasteiger charge is -2.14. The Labute approximate surface area is 267 Å². The third-order valence-electron chi connectivity index (χ3n) is 7.48. The van der Waals surface area contributed by atoms with Crippen molar-refractivity contribution < 1.29 is 39.5 Å². The van der Waals surface area contributed by atoms with Gasteiger partial charge in [-0.2, -0.15) is 0 Å².